The van der Waals surface area contributed by atoms with E-state index in [1.54, 1.807) is 4.90 Å². The first-order valence-electron chi connectivity index (χ1n) is 7.50. The van der Waals surface area contributed by atoms with Gasteiger partial charge in [0.05, 0.1) is 6.61 Å². The molecule has 0 radical (unpaired) electrons. The number of aliphatic hydroxyl groups excluding tert-OH is 1. The monoisotopic (exact) mass is 336 g/mol. The van der Waals surface area contributed by atoms with Gasteiger partial charge in [0.25, 0.3) is 5.91 Å². The normalized spacial score (nSPS) is 13.1. The Morgan fingerprint density at radius 3 is 2.83 bits per heavy atom. The molecule has 1 aliphatic rings. The lowest BCUT2D eigenvalue weighted by Crippen LogP contribution is -2.34. The Hall–Kier alpha value is -1.89. The van der Waals surface area contributed by atoms with Crippen molar-refractivity contribution in [3.63, 3.8) is 0 Å². The van der Waals surface area contributed by atoms with Crippen LogP contribution in [0.25, 0.3) is 0 Å². The number of H-pyrrole nitrogens is 1. The van der Waals surface area contributed by atoms with E-state index in [9.17, 15) is 9.90 Å². The number of amides is 1. The van der Waals surface area contributed by atoms with Gasteiger partial charge < -0.3 is 15.3 Å². The molecule has 0 atom stereocenters. The van der Waals surface area contributed by atoms with Crippen LogP contribution in [0.3, 0.4) is 0 Å². The zero-order valence-electron chi connectivity index (χ0n) is 12.8. The number of aromatic nitrogens is 2. The van der Waals surface area contributed by atoms with E-state index < -0.39 is 0 Å². The lowest BCUT2D eigenvalue weighted by atomic mass is 10.1. The molecule has 124 valence electrons. The van der Waals surface area contributed by atoms with Crippen LogP contribution < -0.4 is 5.32 Å². The lowest BCUT2D eigenvalue weighted by molar-refractivity contribution is 0.0700. The summed E-state index contributed by atoms with van der Waals surface area (Å²) < 4.78 is 0. The maximum atomic E-state index is 12.8. The molecule has 7 heteroatoms. The summed E-state index contributed by atoms with van der Waals surface area (Å²) in [6.07, 6.45) is 0.855. The van der Waals surface area contributed by atoms with Crippen LogP contribution in [0.15, 0.2) is 30.3 Å². The van der Waals surface area contributed by atoms with Crippen molar-refractivity contribution in [3.8, 4) is 0 Å². The van der Waals surface area contributed by atoms with E-state index >= 15 is 0 Å². The van der Waals surface area contributed by atoms with Gasteiger partial charge in [-0.3, -0.25) is 9.89 Å². The molecule has 6 nitrogen and oxygen atoms in total. The number of fused-ring (bicyclic) bond motifs is 1. The van der Waals surface area contributed by atoms with Crippen LogP contribution in [0.2, 0.25) is 0 Å². The molecule has 0 saturated carbocycles. The molecule has 1 amide bonds. The Balaban J connectivity index is 0.00000192. The molecule has 0 unspecified atom stereocenters. The molecular weight excluding hydrogens is 316 g/mol. The number of aromatic amines is 1. The number of carbonyl (C=O) groups excluding carboxylic acids is 1. The van der Waals surface area contributed by atoms with Crippen molar-refractivity contribution in [2.24, 2.45) is 0 Å². The highest BCUT2D eigenvalue weighted by molar-refractivity contribution is 5.94. The molecule has 0 saturated heterocycles. The first-order valence-corrected chi connectivity index (χ1v) is 7.50. The molecule has 0 fully saturated rings. The largest absolute Gasteiger partial charge is 0.395 e. The maximum absolute atomic E-state index is 12.8. The fourth-order valence-corrected chi connectivity index (χ4v) is 2.73. The minimum absolute atomic E-state index is 0. The van der Waals surface area contributed by atoms with Gasteiger partial charge in [-0.1, -0.05) is 30.3 Å². The smallest absolute Gasteiger partial charge is 0.275 e. The second-order valence-electron chi connectivity index (χ2n) is 5.39. The third kappa shape index (κ3) is 3.90. The van der Waals surface area contributed by atoms with Crippen molar-refractivity contribution in [2.45, 2.75) is 19.5 Å². The Morgan fingerprint density at radius 2 is 2.09 bits per heavy atom. The van der Waals surface area contributed by atoms with Gasteiger partial charge in [0.1, 0.15) is 0 Å². The third-order valence-corrected chi connectivity index (χ3v) is 3.88. The quantitative estimate of drug-likeness (QED) is 0.764. The summed E-state index contributed by atoms with van der Waals surface area (Å²) in [5.74, 6) is -0.140. The highest BCUT2D eigenvalue weighted by Crippen LogP contribution is 2.18. The molecular formula is C16H21ClN4O2. The van der Waals surface area contributed by atoms with Crippen LogP contribution in [-0.4, -0.2) is 45.8 Å². The van der Waals surface area contributed by atoms with Crippen LogP contribution in [-0.2, 0) is 19.5 Å². The molecule has 0 spiro atoms. The first kappa shape index (κ1) is 17.5. The highest BCUT2D eigenvalue weighted by Gasteiger charge is 2.25. The third-order valence-electron chi connectivity index (χ3n) is 3.88. The van der Waals surface area contributed by atoms with E-state index in [0.717, 1.165) is 29.8 Å². The number of nitrogens with zero attached hydrogens (tertiary/aromatic N) is 2. The number of carbonyl (C=O) groups is 1. The number of nitrogens with one attached hydrogen (secondary N) is 2. The number of halogens is 1. The van der Waals surface area contributed by atoms with Gasteiger partial charge in [0.2, 0.25) is 0 Å². The summed E-state index contributed by atoms with van der Waals surface area (Å²) in [6.45, 7) is 2.25. The van der Waals surface area contributed by atoms with Crippen molar-refractivity contribution in [3.05, 3.63) is 52.8 Å². The van der Waals surface area contributed by atoms with Crippen molar-refractivity contribution in [1.82, 2.24) is 20.4 Å². The van der Waals surface area contributed by atoms with Crippen molar-refractivity contribution >= 4 is 18.3 Å². The second-order valence-corrected chi connectivity index (χ2v) is 5.39. The lowest BCUT2D eigenvalue weighted by Gasteiger charge is -2.22. The van der Waals surface area contributed by atoms with Crippen LogP contribution in [0, 0.1) is 0 Å². The predicted octanol–water partition coefficient (Wildman–Crippen LogP) is 1.11. The van der Waals surface area contributed by atoms with Gasteiger partial charge in [0, 0.05) is 43.9 Å². The van der Waals surface area contributed by atoms with E-state index in [-0.39, 0.29) is 24.9 Å². The Kier molecular flexibility index (Phi) is 6.15. The second kappa shape index (κ2) is 8.10. The summed E-state index contributed by atoms with van der Waals surface area (Å²) in [4.78, 5) is 14.4. The van der Waals surface area contributed by atoms with E-state index in [4.69, 9.17) is 0 Å². The minimum Gasteiger partial charge on any atom is -0.395 e. The molecule has 23 heavy (non-hydrogen) atoms. The Morgan fingerprint density at radius 1 is 1.30 bits per heavy atom. The summed E-state index contributed by atoms with van der Waals surface area (Å²) in [7, 11) is 0. The van der Waals surface area contributed by atoms with Gasteiger partial charge >= 0.3 is 0 Å². The molecule has 2 aromatic rings. The minimum atomic E-state index is -0.140. The van der Waals surface area contributed by atoms with Gasteiger partial charge in [-0.15, -0.1) is 12.4 Å². The number of benzene rings is 1. The zero-order chi connectivity index (χ0) is 15.4. The molecule has 3 N–H and O–H groups in total. The Bertz CT molecular complexity index is 645. The summed E-state index contributed by atoms with van der Waals surface area (Å²) in [5.41, 5.74) is 3.48. The van der Waals surface area contributed by atoms with Crippen LogP contribution >= 0.6 is 12.4 Å². The molecule has 0 aliphatic carbocycles. The average molecular weight is 337 g/mol. The molecule has 1 aromatic carbocycles. The first-order chi connectivity index (χ1) is 10.8. The summed E-state index contributed by atoms with van der Waals surface area (Å²) in [5, 5.41) is 19.7. The maximum Gasteiger partial charge on any atom is 0.275 e. The topological polar surface area (TPSA) is 81.2 Å². The van der Waals surface area contributed by atoms with Gasteiger partial charge in [0.15, 0.2) is 5.69 Å². The average Bonchev–Trinajstić information content (AvgIpc) is 2.99. The van der Waals surface area contributed by atoms with Crippen molar-refractivity contribution < 1.29 is 9.90 Å². The van der Waals surface area contributed by atoms with Crippen LogP contribution in [0.5, 0.6) is 0 Å². The Labute approximate surface area is 141 Å². The van der Waals surface area contributed by atoms with Gasteiger partial charge in [-0.2, -0.15) is 5.10 Å². The van der Waals surface area contributed by atoms with E-state index in [1.165, 1.54) is 0 Å². The van der Waals surface area contributed by atoms with E-state index in [2.05, 4.69) is 15.5 Å². The predicted molar refractivity (Wildman–Crippen MR) is 89.5 cm³/mol. The SMILES string of the molecule is Cl.O=C(c1n[nH]c2c1CNCC2)N(CCO)Cc1ccccc1. The molecule has 2 heterocycles. The standard InChI is InChI=1S/C16H20N4O2.ClH/c21-9-8-20(11-12-4-2-1-3-5-12)16(22)15-13-10-17-7-6-14(13)18-19-15;/h1-5,17,21H,6-11H2,(H,18,19);1H. The number of hydrogen-bond acceptors (Lipinski definition) is 4. The van der Waals surface area contributed by atoms with Crippen LogP contribution in [0.4, 0.5) is 0 Å². The zero-order valence-corrected chi connectivity index (χ0v) is 13.6. The summed E-state index contributed by atoms with van der Waals surface area (Å²) in [6, 6.07) is 9.77. The number of aliphatic hydroxyl groups is 1. The summed E-state index contributed by atoms with van der Waals surface area (Å²) >= 11 is 0. The fourth-order valence-electron chi connectivity index (χ4n) is 2.73. The highest BCUT2D eigenvalue weighted by atomic mass is 35.5. The molecule has 3 rings (SSSR count). The van der Waals surface area contributed by atoms with Crippen LogP contribution in [0.1, 0.15) is 27.3 Å². The molecule has 0 bridgehead atoms. The number of hydrogen-bond donors (Lipinski definition) is 3. The van der Waals surface area contributed by atoms with Crippen molar-refractivity contribution in [2.75, 3.05) is 19.7 Å². The molecule has 1 aromatic heterocycles. The molecule has 1 aliphatic heterocycles. The van der Waals surface area contributed by atoms with E-state index in [1.807, 2.05) is 30.3 Å². The van der Waals surface area contributed by atoms with Crippen molar-refractivity contribution in [1.29, 1.82) is 0 Å². The van der Waals surface area contributed by atoms with E-state index in [0.29, 0.717) is 25.3 Å². The van der Waals surface area contributed by atoms with Gasteiger partial charge in [-0.05, 0) is 5.56 Å². The fraction of sp³-hybridized carbons (Fsp3) is 0.375. The van der Waals surface area contributed by atoms with Gasteiger partial charge in [-0.25, -0.2) is 0 Å². The number of rotatable bonds is 5.